The second-order valence-corrected chi connectivity index (χ2v) is 7.62. The lowest BCUT2D eigenvalue weighted by Gasteiger charge is -2.22. The van der Waals surface area contributed by atoms with Crippen LogP contribution in [-0.2, 0) is 16.1 Å². The molecule has 1 saturated heterocycles. The predicted molar refractivity (Wildman–Crippen MR) is 103 cm³/mol. The SMILES string of the molecule is Cc1ccc(-c2n[nH]c(=S)n2CC(=O)NCC2CCOC2C(C)C)cc1. The molecule has 0 spiro atoms. The van der Waals surface area contributed by atoms with Gasteiger partial charge in [-0.15, -0.1) is 0 Å². The highest BCUT2D eigenvalue weighted by Gasteiger charge is 2.30. The molecule has 0 bridgehead atoms. The molecule has 0 aliphatic carbocycles. The summed E-state index contributed by atoms with van der Waals surface area (Å²) in [5, 5.41) is 10.1. The first-order valence-electron chi connectivity index (χ1n) is 9.06. The molecule has 1 aromatic heterocycles. The van der Waals surface area contributed by atoms with Crippen molar-refractivity contribution in [3.8, 4) is 11.4 Å². The van der Waals surface area contributed by atoms with Gasteiger partial charge in [-0.1, -0.05) is 43.7 Å². The summed E-state index contributed by atoms with van der Waals surface area (Å²) in [6, 6.07) is 8.00. The van der Waals surface area contributed by atoms with E-state index in [-0.39, 0.29) is 18.6 Å². The van der Waals surface area contributed by atoms with Crippen LogP contribution in [0, 0.1) is 23.5 Å². The molecule has 2 atom stereocenters. The van der Waals surface area contributed by atoms with Crippen molar-refractivity contribution in [1.82, 2.24) is 20.1 Å². The zero-order valence-corrected chi connectivity index (χ0v) is 16.3. The van der Waals surface area contributed by atoms with Crippen LogP contribution in [0.4, 0.5) is 0 Å². The number of aromatic nitrogens is 3. The summed E-state index contributed by atoms with van der Waals surface area (Å²) in [5.41, 5.74) is 2.10. The Kier molecular flexibility index (Phi) is 5.88. The highest BCUT2D eigenvalue weighted by Crippen LogP contribution is 2.26. The molecule has 6 nitrogen and oxygen atoms in total. The Balaban J connectivity index is 1.65. The van der Waals surface area contributed by atoms with Gasteiger partial charge in [-0.3, -0.25) is 14.5 Å². The van der Waals surface area contributed by atoms with Gasteiger partial charge in [-0.25, -0.2) is 0 Å². The fourth-order valence-electron chi connectivity index (χ4n) is 3.44. The monoisotopic (exact) mass is 374 g/mol. The lowest BCUT2D eigenvalue weighted by Crippen LogP contribution is -2.36. The van der Waals surface area contributed by atoms with Gasteiger partial charge in [-0.2, -0.15) is 5.10 Å². The molecule has 1 amide bonds. The van der Waals surface area contributed by atoms with Gasteiger partial charge >= 0.3 is 0 Å². The third kappa shape index (κ3) is 4.22. The highest BCUT2D eigenvalue weighted by atomic mass is 32.1. The van der Waals surface area contributed by atoms with E-state index in [0.29, 0.717) is 29.0 Å². The van der Waals surface area contributed by atoms with E-state index in [0.717, 1.165) is 18.6 Å². The Hall–Kier alpha value is -1.99. The van der Waals surface area contributed by atoms with Crippen LogP contribution < -0.4 is 5.32 Å². The van der Waals surface area contributed by atoms with Crippen LogP contribution in [-0.4, -0.2) is 39.9 Å². The number of H-pyrrole nitrogens is 1. The number of hydrogen-bond donors (Lipinski definition) is 2. The lowest BCUT2D eigenvalue weighted by atomic mass is 9.93. The number of carbonyl (C=O) groups excluding carboxylic acids is 1. The molecule has 2 heterocycles. The molecule has 140 valence electrons. The summed E-state index contributed by atoms with van der Waals surface area (Å²) in [6.45, 7) is 7.90. The third-order valence-corrected chi connectivity index (χ3v) is 5.16. The number of amides is 1. The fourth-order valence-corrected chi connectivity index (χ4v) is 3.64. The van der Waals surface area contributed by atoms with Gasteiger partial charge in [0.2, 0.25) is 5.91 Å². The quantitative estimate of drug-likeness (QED) is 0.762. The molecular weight excluding hydrogens is 348 g/mol. The number of hydrogen-bond acceptors (Lipinski definition) is 4. The molecule has 1 aromatic carbocycles. The minimum absolute atomic E-state index is 0.0646. The zero-order valence-electron chi connectivity index (χ0n) is 15.5. The molecule has 2 unspecified atom stereocenters. The zero-order chi connectivity index (χ0) is 18.7. The number of aryl methyl sites for hydroxylation is 1. The Morgan fingerprint density at radius 3 is 2.85 bits per heavy atom. The fraction of sp³-hybridized carbons (Fsp3) is 0.526. The molecule has 1 aliphatic heterocycles. The van der Waals surface area contributed by atoms with Crippen LogP contribution in [0.1, 0.15) is 25.8 Å². The molecule has 2 aromatic rings. The second kappa shape index (κ2) is 8.14. The minimum Gasteiger partial charge on any atom is -0.378 e. The van der Waals surface area contributed by atoms with E-state index >= 15 is 0 Å². The van der Waals surface area contributed by atoms with Gasteiger partial charge in [0.15, 0.2) is 10.6 Å². The van der Waals surface area contributed by atoms with E-state index in [1.807, 2.05) is 31.2 Å². The molecule has 7 heteroatoms. The van der Waals surface area contributed by atoms with Gasteiger partial charge in [0.05, 0.1) is 6.10 Å². The van der Waals surface area contributed by atoms with Gasteiger partial charge in [0, 0.05) is 24.6 Å². The van der Waals surface area contributed by atoms with Crippen molar-refractivity contribution in [2.45, 2.75) is 39.8 Å². The van der Waals surface area contributed by atoms with Crippen LogP contribution in [0.15, 0.2) is 24.3 Å². The smallest absolute Gasteiger partial charge is 0.240 e. The maximum atomic E-state index is 12.5. The van der Waals surface area contributed by atoms with Gasteiger partial charge in [0.1, 0.15) is 6.54 Å². The maximum absolute atomic E-state index is 12.5. The van der Waals surface area contributed by atoms with E-state index in [4.69, 9.17) is 17.0 Å². The van der Waals surface area contributed by atoms with Gasteiger partial charge < -0.3 is 10.1 Å². The van der Waals surface area contributed by atoms with Crippen LogP contribution in [0.5, 0.6) is 0 Å². The number of rotatable bonds is 6. The van der Waals surface area contributed by atoms with Crippen molar-refractivity contribution in [3.05, 3.63) is 34.6 Å². The van der Waals surface area contributed by atoms with Crippen molar-refractivity contribution in [2.24, 2.45) is 11.8 Å². The van der Waals surface area contributed by atoms with Crippen LogP contribution in [0.25, 0.3) is 11.4 Å². The number of nitrogens with one attached hydrogen (secondary N) is 2. The van der Waals surface area contributed by atoms with Gasteiger partial charge in [-0.05, 0) is 31.5 Å². The number of ether oxygens (including phenoxy) is 1. The van der Waals surface area contributed by atoms with Crippen molar-refractivity contribution in [2.75, 3.05) is 13.2 Å². The standard InChI is InChI=1S/C19H26N4O2S/c1-12(2)17-15(8-9-25-17)10-20-16(24)11-23-18(21-22-19(23)26)14-6-4-13(3)5-7-14/h4-7,12,15,17H,8-11H2,1-3H3,(H,20,24)(H,22,26). The number of benzene rings is 1. The second-order valence-electron chi connectivity index (χ2n) is 7.24. The van der Waals surface area contributed by atoms with Gasteiger partial charge in [0.25, 0.3) is 0 Å². The molecule has 0 radical (unpaired) electrons. The topological polar surface area (TPSA) is 71.9 Å². The van der Waals surface area contributed by atoms with E-state index in [2.05, 4.69) is 29.4 Å². The normalized spacial score (nSPS) is 19.8. The summed E-state index contributed by atoms with van der Waals surface area (Å²) in [6.07, 6.45) is 1.21. The number of aromatic amines is 1. The summed E-state index contributed by atoms with van der Waals surface area (Å²) < 4.78 is 7.96. The summed E-state index contributed by atoms with van der Waals surface area (Å²) in [4.78, 5) is 12.5. The largest absolute Gasteiger partial charge is 0.378 e. The third-order valence-electron chi connectivity index (χ3n) is 4.85. The number of nitrogens with zero attached hydrogens (tertiary/aromatic N) is 2. The lowest BCUT2D eigenvalue weighted by molar-refractivity contribution is -0.122. The number of carbonyl (C=O) groups is 1. The van der Waals surface area contributed by atoms with Crippen molar-refractivity contribution >= 4 is 18.1 Å². The van der Waals surface area contributed by atoms with E-state index < -0.39 is 0 Å². The molecular formula is C19H26N4O2S. The Morgan fingerprint density at radius 2 is 2.15 bits per heavy atom. The molecule has 3 rings (SSSR count). The molecule has 1 aliphatic rings. The van der Waals surface area contributed by atoms with Crippen LogP contribution in [0.3, 0.4) is 0 Å². The van der Waals surface area contributed by atoms with Crippen LogP contribution in [0.2, 0.25) is 0 Å². The van der Waals surface area contributed by atoms with E-state index in [9.17, 15) is 4.79 Å². The first-order chi connectivity index (χ1) is 12.5. The maximum Gasteiger partial charge on any atom is 0.240 e. The average molecular weight is 375 g/mol. The van der Waals surface area contributed by atoms with E-state index in [1.54, 1.807) is 4.57 Å². The van der Waals surface area contributed by atoms with E-state index in [1.165, 1.54) is 5.56 Å². The van der Waals surface area contributed by atoms with Crippen molar-refractivity contribution < 1.29 is 9.53 Å². The average Bonchev–Trinajstić information content (AvgIpc) is 3.22. The molecule has 26 heavy (non-hydrogen) atoms. The molecule has 2 N–H and O–H groups in total. The first kappa shape index (κ1) is 18.8. The minimum atomic E-state index is -0.0646. The van der Waals surface area contributed by atoms with Crippen molar-refractivity contribution in [1.29, 1.82) is 0 Å². The summed E-state index contributed by atoms with van der Waals surface area (Å²) >= 11 is 5.31. The van der Waals surface area contributed by atoms with Crippen LogP contribution >= 0.6 is 12.2 Å². The highest BCUT2D eigenvalue weighted by molar-refractivity contribution is 7.71. The Bertz CT molecular complexity index is 810. The Morgan fingerprint density at radius 1 is 1.42 bits per heavy atom. The summed E-state index contributed by atoms with van der Waals surface area (Å²) in [7, 11) is 0. The predicted octanol–water partition coefficient (Wildman–Crippen LogP) is 3.09. The molecule has 1 fully saturated rings. The Labute approximate surface area is 159 Å². The van der Waals surface area contributed by atoms with Crippen molar-refractivity contribution in [3.63, 3.8) is 0 Å². The summed E-state index contributed by atoms with van der Waals surface area (Å²) in [5.74, 6) is 1.43. The first-order valence-corrected chi connectivity index (χ1v) is 9.47. The molecule has 0 saturated carbocycles.